The first-order valence-corrected chi connectivity index (χ1v) is 14.3. The number of benzene rings is 3. The van der Waals surface area contributed by atoms with Gasteiger partial charge in [0.15, 0.2) is 11.8 Å². The van der Waals surface area contributed by atoms with E-state index in [9.17, 15) is 4.79 Å². The zero-order valence-electron chi connectivity index (χ0n) is 22.2. The Kier molecular flexibility index (Phi) is 9.91. The average molecular weight is 548 g/mol. The van der Waals surface area contributed by atoms with Gasteiger partial charge in [-0.3, -0.25) is 4.79 Å². The summed E-state index contributed by atoms with van der Waals surface area (Å²) in [7, 11) is 0. The molecule has 5 nitrogen and oxygen atoms in total. The van der Waals surface area contributed by atoms with E-state index in [2.05, 4.69) is 79.2 Å². The highest BCUT2D eigenvalue weighted by atomic mass is 35.5. The van der Waals surface area contributed by atoms with E-state index in [1.807, 2.05) is 0 Å². The Labute approximate surface area is 234 Å². The molecule has 0 saturated heterocycles. The number of hydrogen-bond acceptors (Lipinski definition) is 4. The SMILES string of the molecule is CCn1c(SCCCCNC(=O)COc2ccc(Cl)cc2)nc(-c2ccc(C)cc2)c1-c1ccc(C)cc1. The smallest absolute Gasteiger partial charge is 0.257 e. The van der Waals surface area contributed by atoms with Crippen LogP contribution in [-0.2, 0) is 11.3 Å². The summed E-state index contributed by atoms with van der Waals surface area (Å²) >= 11 is 7.65. The van der Waals surface area contributed by atoms with Crippen LogP contribution in [0.3, 0.4) is 0 Å². The summed E-state index contributed by atoms with van der Waals surface area (Å²) in [4.78, 5) is 17.2. The van der Waals surface area contributed by atoms with Crippen LogP contribution < -0.4 is 10.1 Å². The van der Waals surface area contributed by atoms with E-state index < -0.39 is 0 Å². The molecular weight excluding hydrogens is 514 g/mol. The number of amides is 1. The van der Waals surface area contributed by atoms with Crippen molar-refractivity contribution in [2.45, 2.75) is 45.3 Å². The largest absolute Gasteiger partial charge is 0.484 e. The number of thioether (sulfide) groups is 1. The maximum atomic E-state index is 12.1. The normalized spacial score (nSPS) is 10.9. The van der Waals surface area contributed by atoms with Crippen LogP contribution >= 0.6 is 23.4 Å². The van der Waals surface area contributed by atoms with Crippen LogP contribution in [0.4, 0.5) is 0 Å². The summed E-state index contributed by atoms with van der Waals surface area (Å²) in [6.07, 6.45) is 1.86. The van der Waals surface area contributed by atoms with E-state index in [1.165, 1.54) is 16.7 Å². The first-order chi connectivity index (χ1) is 18.4. The molecule has 7 heteroatoms. The molecule has 4 aromatic rings. The molecule has 0 bridgehead atoms. The van der Waals surface area contributed by atoms with E-state index in [0.717, 1.165) is 47.2 Å². The maximum Gasteiger partial charge on any atom is 0.257 e. The number of halogens is 1. The minimum atomic E-state index is -0.125. The highest BCUT2D eigenvalue weighted by Gasteiger charge is 2.19. The monoisotopic (exact) mass is 547 g/mol. The molecule has 0 radical (unpaired) electrons. The lowest BCUT2D eigenvalue weighted by Crippen LogP contribution is -2.29. The zero-order valence-corrected chi connectivity index (χ0v) is 23.7. The molecule has 38 heavy (non-hydrogen) atoms. The quantitative estimate of drug-likeness (QED) is 0.147. The fourth-order valence-corrected chi connectivity index (χ4v) is 5.29. The molecule has 0 fully saturated rings. The first-order valence-electron chi connectivity index (χ1n) is 13.0. The molecule has 0 aliphatic heterocycles. The third-order valence-corrected chi connectivity index (χ3v) is 7.52. The number of aryl methyl sites for hydroxylation is 2. The van der Waals surface area contributed by atoms with Gasteiger partial charge in [0.05, 0.1) is 11.4 Å². The van der Waals surface area contributed by atoms with Crippen LogP contribution in [0.1, 0.15) is 30.9 Å². The standard InChI is InChI=1S/C31H34ClN3O2S/c1-4-35-30(25-13-9-23(3)10-14-25)29(24-11-7-22(2)8-12-24)34-31(35)38-20-6-5-19-33-28(36)21-37-27-17-15-26(32)16-18-27/h7-18H,4-6,19-21H2,1-3H3,(H,33,36). The highest BCUT2D eigenvalue weighted by molar-refractivity contribution is 7.99. The van der Waals surface area contributed by atoms with E-state index in [0.29, 0.717) is 17.3 Å². The van der Waals surface area contributed by atoms with Crippen molar-refractivity contribution in [3.05, 3.63) is 88.9 Å². The molecule has 1 heterocycles. The van der Waals surface area contributed by atoms with Gasteiger partial charge < -0.3 is 14.6 Å². The minimum absolute atomic E-state index is 0.00606. The Morgan fingerprint density at radius 3 is 2.18 bits per heavy atom. The van der Waals surface area contributed by atoms with Gasteiger partial charge in [0.2, 0.25) is 0 Å². The van der Waals surface area contributed by atoms with E-state index in [1.54, 1.807) is 36.0 Å². The second kappa shape index (κ2) is 13.5. The van der Waals surface area contributed by atoms with Gasteiger partial charge in [-0.2, -0.15) is 0 Å². The average Bonchev–Trinajstić information content (AvgIpc) is 3.29. The lowest BCUT2D eigenvalue weighted by Gasteiger charge is -2.11. The van der Waals surface area contributed by atoms with Crippen LogP contribution in [-0.4, -0.2) is 34.4 Å². The number of nitrogens with zero attached hydrogens (tertiary/aromatic N) is 2. The van der Waals surface area contributed by atoms with Crippen molar-refractivity contribution >= 4 is 29.3 Å². The van der Waals surface area contributed by atoms with Crippen molar-refractivity contribution < 1.29 is 9.53 Å². The molecule has 0 unspecified atom stereocenters. The molecule has 4 rings (SSSR count). The van der Waals surface area contributed by atoms with Gasteiger partial charge in [-0.15, -0.1) is 0 Å². The summed E-state index contributed by atoms with van der Waals surface area (Å²) in [5.41, 5.74) is 6.96. The number of imidazole rings is 1. The third-order valence-electron chi connectivity index (χ3n) is 6.21. The molecule has 1 aromatic heterocycles. The Bertz CT molecular complexity index is 1330. The van der Waals surface area contributed by atoms with Crippen LogP contribution in [0.5, 0.6) is 5.75 Å². The predicted molar refractivity (Wildman–Crippen MR) is 158 cm³/mol. The van der Waals surface area contributed by atoms with Crippen molar-refractivity contribution in [1.82, 2.24) is 14.9 Å². The molecule has 0 aliphatic carbocycles. The van der Waals surface area contributed by atoms with Crippen molar-refractivity contribution in [2.75, 3.05) is 18.9 Å². The van der Waals surface area contributed by atoms with Crippen LogP contribution in [0, 0.1) is 13.8 Å². The molecule has 3 aromatic carbocycles. The second-order valence-corrected chi connectivity index (χ2v) is 10.7. The molecule has 1 N–H and O–H groups in total. The van der Waals surface area contributed by atoms with Gasteiger partial charge in [0.25, 0.3) is 5.91 Å². The van der Waals surface area contributed by atoms with Crippen molar-refractivity contribution in [1.29, 1.82) is 0 Å². The van der Waals surface area contributed by atoms with Crippen LogP contribution in [0.2, 0.25) is 5.02 Å². The molecule has 0 spiro atoms. The molecule has 0 aliphatic rings. The van der Waals surface area contributed by atoms with Gasteiger partial charge in [0.1, 0.15) is 5.75 Å². The maximum absolute atomic E-state index is 12.1. The van der Waals surface area contributed by atoms with Crippen LogP contribution in [0.15, 0.2) is 78.0 Å². The predicted octanol–water partition coefficient (Wildman–Crippen LogP) is 7.57. The second-order valence-electron chi connectivity index (χ2n) is 9.22. The molecule has 1 amide bonds. The fraction of sp³-hybridized carbons (Fsp3) is 0.290. The topological polar surface area (TPSA) is 56.2 Å². The third kappa shape index (κ3) is 7.42. The van der Waals surface area contributed by atoms with Gasteiger partial charge in [0, 0.05) is 35.0 Å². The molecular formula is C31H34ClN3O2S. The number of aromatic nitrogens is 2. The zero-order chi connectivity index (χ0) is 26.9. The summed E-state index contributed by atoms with van der Waals surface area (Å²) in [5.74, 6) is 1.43. The van der Waals surface area contributed by atoms with Crippen molar-refractivity contribution in [2.24, 2.45) is 0 Å². The summed E-state index contributed by atoms with van der Waals surface area (Å²) in [6.45, 7) is 7.84. The Hall–Kier alpha value is -3.22. The van der Waals surface area contributed by atoms with Gasteiger partial charge >= 0.3 is 0 Å². The Morgan fingerprint density at radius 2 is 1.55 bits per heavy atom. The van der Waals surface area contributed by atoms with Gasteiger partial charge in [-0.1, -0.05) is 83.0 Å². The lowest BCUT2D eigenvalue weighted by atomic mass is 10.0. The van der Waals surface area contributed by atoms with E-state index >= 15 is 0 Å². The van der Waals surface area contributed by atoms with Gasteiger partial charge in [-0.05, 0) is 57.9 Å². The number of carbonyl (C=O) groups excluding carboxylic acids is 1. The van der Waals surface area contributed by atoms with E-state index in [-0.39, 0.29) is 12.5 Å². The van der Waals surface area contributed by atoms with E-state index in [4.69, 9.17) is 21.3 Å². The lowest BCUT2D eigenvalue weighted by molar-refractivity contribution is -0.123. The molecule has 198 valence electrons. The molecule has 0 saturated carbocycles. The number of hydrogen-bond donors (Lipinski definition) is 1. The fourth-order valence-electron chi connectivity index (χ4n) is 4.10. The van der Waals surface area contributed by atoms with Crippen molar-refractivity contribution in [3.63, 3.8) is 0 Å². The summed E-state index contributed by atoms with van der Waals surface area (Å²) < 4.78 is 7.82. The molecule has 0 atom stereocenters. The van der Waals surface area contributed by atoms with Crippen LogP contribution in [0.25, 0.3) is 22.5 Å². The van der Waals surface area contributed by atoms with Gasteiger partial charge in [-0.25, -0.2) is 4.98 Å². The number of unbranched alkanes of at least 4 members (excludes halogenated alkanes) is 1. The number of ether oxygens (including phenoxy) is 1. The summed E-state index contributed by atoms with van der Waals surface area (Å²) in [5, 5.41) is 4.60. The minimum Gasteiger partial charge on any atom is -0.484 e. The van der Waals surface area contributed by atoms with Crippen molar-refractivity contribution in [3.8, 4) is 28.3 Å². The first kappa shape index (κ1) is 27.8. The Balaban J connectivity index is 1.34. The number of carbonyl (C=O) groups is 1. The number of nitrogens with one attached hydrogen (secondary N) is 1. The highest BCUT2D eigenvalue weighted by Crippen LogP contribution is 2.36. The summed E-state index contributed by atoms with van der Waals surface area (Å²) in [6, 6.07) is 24.3. The Morgan fingerprint density at radius 1 is 0.921 bits per heavy atom. The number of rotatable bonds is 12.